The Balaban J connectivity index is 1.48. The van der Waals surface area contributed by atoms with Crippen LogP contribution in [0, 0.1) is 11.3 Å². The van der Waals surface area contributed by atoms with Gasteiger partial charge in [0.05, 0.1) is 13.2 Å². The van der Waals surface area contributed by atoms with Crippen LogP contribution in [-0.4, -0.2) is 62.7 Å². The molecule has 1 spiro atoms. The van der Waals surface area contributed by atoms with Gasteiger partial charge in [0.1, 0.15) is 0 Å². The van der Waals surface area contributed by atoms with Gasteiger partial charge < -0.3 is 20.3 Å². The minimum absolute atomic E-state index is 0.198. The van der Waals surface area contributed by atoms with Crippen molar-refractivity contribution in [1.29, 1.82) is 0 Å². The van der Waals surface area contributed by atoms with Crippen molar-refractivity contribution in [1.82, 2.24) is 15.5 Å². The molecule has 3 rings (SSSR count). The van der Waals surface area contributed by atoms with E-state index in [9.17, 15) is 4.79 Å². The van der Waals surface area contributed by atoms with E-state index < -0.39 is 0 Å². The van der Waals surface area contributed by atoms with Gasteiger partial charge in [-0.25, -0.2) is 0 Å². The van der Waals surface area contributed by atoms with Crippen LogP contribution in [0.15, 0.2) is 4.99 Å². The molecular weight excluding hydrogens is 280 g/mol. The van der Waals surface area contributed by atoms with Gasteiger partial charge in [0, 0.05) is 44.1 Å². The average Bonchev–Trinajstić information content (AvgIpc) is 3.15. The first-order chi connectivity index (χ1) is 10.7. The van der Waals surface area contributed by atoms with E-state index >= 15 is 0 Å². The van der Waals surface area contributed by atoms with Crippen LogP contribution < -0.4 is 10.6 Å². The van der Waals surface area contributed by atoms with Gasteiger partial charge in [0.25, 0.3) is 0 Å². The van der Waals surface area contributed by atoms with Crippen molar-refractivity contribution >= 4 is 11.9 Å². The van der Waals surface area contributed by atoms with Crippen LogP contribution in [0.3, 0.4) is 0 Å². The van der Waals surface area contributed by atoms with Crippen molar-refractivity contribution in [3.05, 3.63) is 0 Å². The molecule has 0 radical (unpaired) electrons. The van der Waals surface area contributed by atoms with Crippen molar-refractivity contribution in [2.45, 2.75) is 32.6 Å². The quantitative estimate of drug-likeness (QED) is 0.443. The number of hydrogen-bond acceptors (Lipinski definition) is 3. The van der Waals surface area contributed by atoms with E-state index in [1.807, 2.05) is 0 Å². The maximum Gasteiger partial charge on any atom is 0.223 e. The Kier molecular flexibility index (Phi) is 4.86. The normalized spacial score (nSPS) is 28.4. The molecule has 2 saturated heterocycles. The van der Waals surface area contributed by atoms with Gasteiger partial charge in [-0.05, 0) is 32.6 Å². The van der Waals surface area contributed by atoms with Crippen molar-refractivity contribution in [3.8, 4) is 0 Å². The smallest absolute Gasteiger partial charge is 0.223 e. The first-order valence-corrected chi connectivity index (χ1v) is 8.61. The topological polar surface area (TPSA) is 66.0 Å². The first kappa shape index (κ1) is 15.6. The van der Waals surface area contributed by atoms with Crippen molar-refractivity contribution in [3.63, 3.8) is 0 Å². The molecule has 0 aromatic rings. The second kappa shape index (κ2) is 6.86. The summed E-state index contributed by atoms with van der Waals surface area (Å²) in [4.78, 5) is 18.6. The van der Waals surface area contributed by atoms with Crippen LogP contribution in [0.2, 0.25) is 0 Å². The number of guanidine groups is 1. The molecule has 0 aromatic heterocycles. The van der Waals surface area contributed by atoms with Crippen LogP contribution >= 0.6 is 0 Å². The fourth-order valence-electron chi connectivity index (χ4n) is 3.34. The third kappa shape index (κ3) is 3.72. The molecular formula is C16H28N4O2. The Morgan fingerprint density at radius 2 is 2.23 bits per heavy atom. The number of aliphatic imine (C=N–C) groups is 1. The first-order valence-electron chi connectivity index (χ1n) is 8.61. The maximum absolute atomic E-state index is 11.6. The number of nitrogens with one attached hydrogen (secondary N) is 2. The lowest BCUT2D eigenvalue weighted by Crippen LogP contribution is -2.42. The van der Waals surface area contributed by atoms with Crippen molar-refractivity contribution in [2.24, 2.45) is 16.3 Å². The molecule has 1 amide bonds. The predicted octanol–water partition coefficient (Wildman–Crippen LogP) is 0.591. The SMILES string of the molecule is CCNC(=NCCNC(=O)C1CC1)N1CCC2(CCOC2)C1. The van der Waals surface area contributed by atoms with E-state index in [2.05, 4.69) is 27.4 Å². The summed E-state index contributed by atoms with van der Waals surface area (Å²) in [6, 6.07) is 0. The molecule has 0 aromatic carbocycles. The average molecular weight is 308 g/mol. The Morgan fingerprint density at radius 1 is 1.36 bits per heavy atom. The molecule has 6 nitrogen and oxygen atoms in total. The summed E-state index contributed by atoms with van der Waals surface area (Å²) in [6.07, 6.45) is 4.46. The molecule has 3 aliphatic rings. The summed E-state index contributed by atoms with van der Waals surface area (Å²) in [5.74, 6) is 1.45. The van der Waals surface area contributed by atoms with E-state index in [0.29, 0.717) is 18.5 Å². The molecule has 1 saturated carbocycles. The molecule has 6 heteroatoms. The summed E-state index contributed by atoms with van der Waals surface area (Å²) in [7, 11) is 0. The largest absolute Gasteiger partial charge is 0.381 e. The lowest BCUT2D eigenvalue weighted by molar-refractivity contribution is -0.122. The number of amides is 1. The van der Waals surface area contributed by atoms with Gasteiger partial charge in [-0.3, -0.25) is 9.79 Å². The molecule has 1 atom stereocenters. The zero-order chi connectivity index (χ0) is 15.4. The Hall–Kier alpha value is -1.30. The fraction of sp³-hybridized carbons (Fsp3) is 0.875. The lowest BCUT2D eigenvalue weighted by atomic mass is 9.87. The minimum atomic E-state index is 0.198. The summed E-state index contributed by atoms with van der Waals surface area (Å²) in [5, 5.41) is 6.35. The molecule has 1 unspecified atom stereocenters. The number of carbonyl (C=O) groups excluding carboxylic acids is 1. The van der Waals surface area contributed by atoms with Crippen LogP contribution in [0.1, 0.15) is 32.6 Å². The van der Waals surface area contributed by atoms with E-state index in [1.54, 1.807) is 0 Å². The Labute approximate surface area is 132 Å². The zero-order valence-electron chi connectivity index (χ0n) is 13.6. The highest BCUT2D eigenvalue weighted by molar-refractivity contribution is 5.81. The second-order valence-corrected chi connectivity index (χ2v) is 6.78. The zero-order valence-corrected chi connectivity index (χ0v) is 13.6. The summed E-state index contributed by atoms with van der Waals surface area (Å²) in [5.41, 5.74) is 0.344. The highest BCUT2D eigenvalue weighted by Crippen LogP contribution is 2.38. The van der Waals surface area contributed by atoms with Gasteiger partial charge in [-0.1, -0.05) is 0 Å². The Bertz CT molecular complexity index is 428. The third-order valence-electron chi connectivity index (χ3n) is 4.88. The fourth-order valence-corrected chi connectivity index (χ4v) is 3.34. The number of ether oxygens (including phenoxy) is 1. The number of hydrogen-bond donors (Lipinski definition) is 2. The second-order valence-electron chi connectivity index (χ2n) is 6.78. The Morgan fingerprint density at radius 3 is 2.91 bits per heavy atom. The number of nitrogens with zero attached hydrogens (tertiary/aromatic N) is 2. The van der Waals surface area contributed by atoms with Crippen molar-refractivity contribution in [2.75, 3.05) is 45.9 Å². The molecule has 124 valence electrons. The molecule has 2 N–H and O–H groups in total. The summed E-state index contributed by atoms with van der Waals surface area (Å²) in [6.45, 7) is 8.10. The number of rotatable bonds is 5. The van der Waals surface area contributed by atoms with Gasteiger partial charge in [-0.2, -0.15) is 0 Å². The van der Waals surface area contributed by atoms with Crippen LogP contribution in [0.4, 0.5) is 0 Å². The molecule has 2 aliphatic heterocycles. The van der Waals surface area contributed by atoms with Gasteiger partial charge in [0.15, 0.2) is 5.96 Å². The van der Waals surface area contributed by atoms with Crippen LogP contribution in [-0.2, 0) is 9.53 Å². The molecule has 3 fully saturated rings. The van der Waals surface area contributed by atoms with Crippen LogP contribution in [0.25, 0.3) is 0 Å². The highest BCUT2D eigenvalue weighted by Gasteiger charge is 2.42. The monoisotopic (exact) mass is 308 g/mol. The maximum atomic E-state index is 11.6. The third-order valence-corrected chi connectivity index (χ3v) is 4.88. The van der Waals surface area contributed by atoms with Gasteiger partial charge in [0.2, 0.25) is 5.91 Å². The van der Waals surface area contributed by atoms with Crippen molar-refractivity contribution < 1.29 is 9.53 Å². The predicted molar refractivity (Wildman–Crippen MR) is 85.8 cm³/mol. The van der Waals surface area contributed by atoms with E-state index in [-0.39, 0.29) is 11.8 Å². The minimum Gasteiger partial charge on any atom is -0.381 e. The molecule has 0 bridgehead atoms. The lowest BCUT2D eigenvalue weighted by Gasteiger charge is -2.25. The van der Waals surface area contributed by atoms with Gasteiger partial charge >= 0.3 is 0 Å². The highest BCUT2D eigenvalue weighted by atomic mass is 16.5. The van der Waals surface area contributed by atoms with E-state index in [4.69, 9.17) is 4.74 Å². The number of carbonyl (C=O) groups is 1. The van der Waals surface area contributed by atoms with Crippen LogP contribution in [0.5, 0.6) is 0 Å². The summed E-state index contributed by atoms with van der Waals surface area (Å²) >= 11 is 0. The standard InChI is InChI=1S/C16H28N4O2/c1-2-17-15(19-8-7-18-14(21)13-3-4-13)20-9-5-16(11-20)6-10-22-12-16/h13H,2-12H2,1H3,(H,17,19)(H,18,21). The number of likely N-dealkylation sites (tertiary alicyclic amines) is 1. The molecule has 1 aliphatic carbocycles. The molecule has 2 heterocycles. The van der Waals surface area contributed by atoms with E-state index in [1.165, 1.54) is 12.8 Å². The van der Waals surface area contributed by atoms with Gasteiger partial charge in [-0.15, -0.1) is 0 Å². The van der Waals surface area contributed by atoms with E-state index in [0.717, 1.165) is 51.6 Å². The summed E-state index contributed by atoms with van der Waals surface area (Å²) < 4.78 is 5.59. The molecule has 22 heavy (non-hydrogen) atoms.